The predicted octanol–water partition coefficient (Wildman–Crippen LogP) is 3.56. The van der Waals surface area contributed by atoms with Crippen molar-refractivity contribution in [2.45, 2.75) is 38.5 Å². The van der Waals surface area contributed by atoms with Crippen molar-refractivity contribution in [3.63, 3.8) is 0 Å². The molecule has 17 heavy (non-hydrogen) atoms. The van der Waals surface area contributed by atoms with Gasteiger partial charge in [0.05, 0.1) is 0 Å². The van der Waals surface area contributed by atoms with Crippen molar-refractivity contribution in [2.24, 2.45) is 0 Å². The predicted molar refractivity (Wildman–Crippen MR) is 65.3 cm³/mol. The van der Waals surface area contributed by atoms with E-state index in [2.05, 4.69) is 5.32 Å². The van der Waals surface area contributed by atoms with E-state index in [4.69, 9.17) is 0 Å². The molecule has 1 saturated heterocycles. The molecule has 1 aromatic rings. The zero-order valence-corrected chi connectivity index (χ0v) is 10.4. The molecule has 1 heterocycles. The summed E-state index contributed by atoms with van der Waals surface area (Å²) in [5.41, 5.74) is 0.928. The highest BCUT2D eigenvalue weighted by molar-refractivity contribution is 5.32. The normalized spacial score (nSPS) is 17.7. The third-order valence-electron chi connectivity index (χ3n) is 3.53. The Kier molecular flexibility index (Phi) is 3.77. The van der Waals surface area contributed by atoms with Gasteiger partial charge < -0.3 is 5.32 Å². The molecule has 0 unspecified atom stereocenters. The second-order valence-electron chi connectivity index (χ2n) is 5.04. The highest BCUT2D eigenvalue weighted by atomic mass is 19.1. The van der Waals surface area contributed by atoms with E-state index in [9.17, 15) is 8.78 Å². The third kappa shape index (κ3) is 2.49. The van der Waals surface area contributed by atoms with Crippen molar-refractivity contribution in [3.05, 3.63) is 34.9 Å². The standard InChI is InChI=1S/C14H19F2N/c1-9(2)11-3-4-12(15)13(14(11)16)10-5-7-17-8-6-10/h3-4,9-10,17H,5-8H2,1-2H3. The minimum Gasteiger partial charge on any atom is -0.317 e. The van der Waals surface area contributed by atoms with Crippen LogP contribution in [-0.4, -0.2) is 13.1 Å². The first kappa shape index (κ1) is 12.5. The smallest absolute Gasteiger partial charge is 0.133 e. The van der Waals surface area contributed by atoms with E-state index < -0.39 is 0 Å². The van der Waals surface area contributed by atoms with Crippen LogP contribution in [0.4, 0.5) is 8.78 Å². The van der Waals surface area contributed by atoms with Crippen LogP contribution in [0.3, 0.4) is 0 Å². The lowest BCUT2D eigenvalue weighted by Gasteiger charge is -2.25. The summed E-state index contributed by atoms with van der Waals surface area (Å²) in [4.78, 5) is 0. The molecule has 1 N–H and O–H groups in total. The Morgan fingerprint density at radius 1 is 1.18 bits per heavy atom. The lowest BCUT2D eigenvalue weighted by molar-refractivity contribution is 0.423. The second-order valence-corrected chi connectivity index (χ2v) is 5.04. The fourth-order valence-electron chi connectivity index (χ4n) is 2.52. The molecule has 0 saturated carbocycles. The number of rotatable bonds is 2. The fraction of sp³-hybridized carbons (Fsp3) is 0.571. The van der Waals surface area contributed by atoms with Gasteiger partial charge in [-0.05, 0) is 49.4 Å². The maximum atomic E-state index is 14.3. The van der Waals surface area contributed by atoms with E-state index in [0.717, 1.165) is 25.9 Å². The van der Waals surface area contributed by atoms with Gasteiger partial charge in [0, 0.05) is 5.56 Å². The van der Waals surface area contributed by atoms with Crippen molar-refractivity contribution >= 4 is 0 Å². The van der Waals surface area contributed by atoms with Crippen LogP contribution in [0.1, 0.15) is 49.7 Å². The van der Waals surface area contributed by atoms with E-state index in [0.29, 0.717) is 11.1 Å². The van der Waals surface area contributed by atoms with Gasteiger partial charge in [-0.1, -0.05) is 19.9 Å². The Balaban J connectivity index is 2.40. The molecule has 3 heteroatoms. The van der Waals surface area contributed by atoms with Crippen LogP contribution in [0.25, 0.3) is 0 Å². The summed E-state index contributed by atoms with van der Waals surface area (Å²) in [6.07, 6.45) is 1.63. The summed E-state index contributed by atoms with van der Waals surface area (Å²) in [7, 11) is 0. The highest BCUT2D eigenvalue weighted by Gasteiger charge is 2.24. The Hall–Kier alpha value is -0.960. The lowest BCUT2D eigenvalue weighted by atomic mass is 9.87. The van der Waals surface area contributed by atoms with Gasteiger partial charge >= 0.3 is 0 Å². The monoisotopic (exact) mass is 239 g/mol. The summed E-state index contributed by atoms with van der Waals surface area (Å²) in [5, 5.41) is 3.22. The molecule has 0 atom stereocenters. The van der Waals surface area contributed by atoms with Gasteiger partial charge in [-0.3, -0.25) is 0 Å². The van der Waals surface area contributed by atoms with E-state index in [1.807, 2.05) is 13.8 Å². The van der Waals surface area contributed by atoms with Crippen LogP contribution in [-0.2, 0) is 0 Å². The largest absolute Gasteiger partial charge is 0.317 e. The van der Waals surface area contributed by atoms with Gasteiger partial charge in [-0.25, -0.2) is 8.78 Å². The SMILES string of the molecule is CC(C)c1ccc(F)c(C2CCNCC2)c1F. The fourth-order valence-corrected chi connectivity index (χ4v) is 2.52. The van der Waals surface area contributed by atoms with Gasteiger partial charge in [0.25, 0.3) is 0 Å². The number of benzene rings is 1. The zero-order valence-electron chi connectivity index (χ0n) is 10.4. The molecule has 1 aromatic carbocycles. The molecular weight excluding hydrogens is 220 g/mol. The average molecular weight is 239 g/mol. The molecule has 0 radical (unpaired) electrons. The molecule has 1 fully saturated rings. The van der Waals surface area contributed by atoms with Gasteiger partial charge in [-0.15, -0.1) is 0 Å². The zero-order chi connectivity index (χ0) is 12.4. The Morgan fingerprint density at radius 3 is 2.41 bits per heavy atom. The first-order valence-electron chi connectivity index (χ1n) is 6.29. The number of hydrogen-bond donors (Lipinski definition) is 1. The Bertz CT molecular complexity index is 395. The van der Waals surface area contributed by atoms with Gasteiger partial charge in [0.15, 0.2) is 0 Å². The summed E-state index contributed by atoms with van der Waals surface area (Å²) in [6, 6.07) is 2.98. The molecular formula is C14H19F2N. The van der Waals surface area contributed by atoms with Crippen LogP contribution in [0.5, 0.6) is 0 Å². The number of piperidine rings is 1. The van der Waals surface area contributed by atoms with E-state index in [1.54, 1.807) is 6.07 Å². The summed E-state index contributed by atoms with van der Waals surface area (Å²) in [6.45, 7) is 5.55. The second kappa shape index (κ2) is 5.13. The molecule has 2 rings (SSSR count). The number of hydrogen-bond acceptors (Lipinski definition) is 1. The van der Waals surface area contributed by atoms with E-state index in [-0.39, 0.29) is 23.5 Å². The molecule has 0 amide bonds. The summed E-state index contributed by atoms with van der Waals surface area (Å²) < 4.78 is 28.1. The lowest BCUT2D eigenvalue weighted by Crippen LogP contribution is -2.27. The number of halogens is 2. The quantitative estimate of drug-likeness (QED) is 0.832. The summed E-state index contributed by atoms with van der Waals surface area (Å²) in [5.74, 6) is -0.600. The minimum absolute atomic E-state index is 0.0231. The topological polar surface area (TPSA) is 12.0 Å². The molecule has 1 aliphatic heterocycles. The van der Waals surface area contributed by atoms with Crippen LogP contribution in [0.2, 0.25) is 0 Å². The van der Waals surface area contributed by atoms with Crippen LogP contribution < -0.4 is 5.32 Å². The Morgan fingerprint density at radius 2 is 1.82 bits per heavy atom. The molecule has 0 aliphatic carbocycles. The minimum atomic E-state index is -0.390. The van der Waals surface area contributed by atoms with Crippen molar-refractivity contribution in [1.82, 2.24) is 5.32 Å². The van der Waals surface area contributed by atoms with Crippen LogP contribution in [0.15, 0.2) is 12.1 Å². The first-order valence-corrected chi connectivity index (χ1v) is 6.29. The van der Waals surface area contributed by atoms with Crippen molar-refractivity contribution in [2.75, 3.05) is 13.1 Å². The molecule has 1 nitrogen and oxygen atoms in total. The van der Waals surface area contributed by atoms with Crippen molar-refractivity contribution in [1.29, 1.82) is 0 Å². The third-order valence-corrected chi connectivity index (χ3v) is 3.53. The van der Waals surface area contributed by atoms with Gasteiger partial charge in [0.1, 0.15) is 11.6 Å². The van der Waals surface area contributed by atoms with Crippen molar-refractivity contribution in [3.8, 4) is 0 Å². The van der Waals surface area contributed by atoms with Crippen LogP contribution in [0, 0.1) is 11.6 Å². The molecule has 0 spiro atoms. The Labute approximate surface area is 101 Å². The maximum Gasteiger partial charge on any atom is 0.133 e. The van der Waals surface area contributed by atoms with Gasteiger partial charge in [-0.2, -0.15) is 0 Å². The molecule has 94 valence electrons. The van der Waals surface area contributed by atoms with E-state index in [1.165, 1.54) is 6.07 Å². The first-order chi connectivity index (χ1) is 8.11. The molecule has 0 aromatic heterocycles. The average Bonchev–Trinajstić information content (AvgIpc) is 2.30. The van der Waals surface area contributed by atoms with Crippen LogP contribution >= 0.6 is 0 Å². The van der Waals surface area contributed by atoms with Crippen molar-refractivity contribution < 1.29 is 8.78 Å². The number of nitrogens with one attached hydrogen (secondary N) is 1. The molecule has 1 aliphatic rings. The summed E-state index contributed by atoms with van der Waals surface area (Å²) >= 11 is 0. The maximum absolute atomic E-state index is 14.3. The van der Waals surface area contributed by atoms with Gasteiger partial charge in [0.2, 0.25) is 0 Å². The van der Waals surface area contributed by atoms with E-state index >= 15 is 0 Å². The highest BCUT2D eigenvalue weighted by Crippen LogP contribution is 2.33. The molecule has 0 bridgehead atoms.